The zero-order valence-corrected chi connectivity index (χ0v) is 9.98. The molecule has 0 radical (unpaired) electrons. The summed E-state index contributed by atoms with van der Waals surface area (Å²) in [5, 5.41) is 0. The molecule has 4 N–H and O–H groups in total. The molecule has 3 aromatic rings. The summed E-state index contributed by atoms with van der Waals surface area (Å²) in [6.45, 7) is 0. The summed E-state index contributed by atoms with van der Waals surface area (Å²) in [7, 11) is 0. The molecular formula is C14H12FN3O. The van der Waals surface area contributed by atoms with E-state index in [2.05, 4.69) is 9.97 Å². The van der Waals surface area contributed by atoms with E-state index >= 15 is 0 Å². The van der Waals surface area contributed by atoms with Crippen molar-refractivity contribution >= 4 is 11.0 Å². The summed E-state index contributed by atoms with van der Waals surface area (Å²) in [5.41, 5.74) is 9.01. The highest BCUT2D eigenvalue weighted by molar-refractivity contribution is 5.75. The number of nitrogens with one attached hydrogen (secondary N) is 2. The van der Waals surface area contributed by atoms with Gasteiger partial charge in [0.1, 0.15) is 5.82 Å². The Kier molecular flexibility index (Phi) is 2.68. The Hall–Kier alpha value is -2.40. The average molecular weight is 257 g/mol. The van der Waals surface area contributed by atoms with Crippen molar-refractivity contribution in [1.29, 1.82) is 0 Å². The predicted octanol–water partition coefficient (Wildman–Crippen LogP) is 2.04. The van der Waals surface area contributed by atoms with E-state index in [1.165, 1.54) is 12.1 Å². The normalized spacial score (nSPS) is 12.7. The molecule has 19 heavy (non-hydrogen) atoms. The first-order valence-corrected chi connectivity index (χ1v) is 5.86. The second kappa shape index (κ2) is 4.37. The fourth-order valence-corrected chi connectivity index (χ4v) is 2.11. The van der Waals surface area contributed by atoms with Crippen LogP contribution in [0.4, 0.5) is 4.39 Å². The van der Waals surface area contributed by atoms with E-state index in [-0.39, 0.29) is 17.5 Å². The van der Waals surface area contributed by atoms with Crippen LogP contribution in [-0.2, 0) is 0 Å². The van der Waals surface area contributed by atoms with Gasteiger partial charge in [-0.25, -0.2) is 9.18 Å². The molecule has 2 aromatic carbocycles. The number of fused-ring (bicyclic) bond motifs is 1. The van der Waals surface area contributed by atoms with Crippen molar-refractivity contribution in [2.75, 3.05) is 0 Å². The number of aromatic nitrogens is 2. The summed E-state index contributed by atoms with van der Waals surface area (Å²) in [4.78, 5) is 16.6. The maximum absolute atomic E-state index is 12.9. The Morgan fingerprint density at radius 2 is 1.58 bits per heavy atom. The van der Waals surface area contributed by atoms with Crippen LogP contribution in [0.15, 0.2) is 47.3 Å². The monoisotopic (exact) mass is 257 g/mol. The van der Waals surface area contributed by atoms with Gasteiger partial charge < -0.3 is 15.7 Å². The van der Waals surface area contributed by atoms with Crippen LogP contribution in [0.5, 0.6) is 0 Å². The lowest BCUT2D eigenvalue weighted by Crippen LogP contribution is -2.11. The largest absolute Gasteiger partial charge is 0.323 e. The van der Waals surface area contributed by atoms with Crippen LogP contribution >= 0.6 is 0 Å². The minimum absolute atomic E-state index is 0.248. The molecule has 1 unspecified atom stereocenters. The smallest absolute Gasteiger partial charge is 0.320 e. The zero-order chi connectivity index (χ0) is 13.4. The standard InChI is InChI=1S/C14H12FN3O/c15-10-4-1-8(2-5-10)13(16)9-3-6-11-12(7-9)18-14(19)17-11/h1-7,13H,16H2,(H2,17,18,19). The second-order valence-electron chi connectivity index (χ2n) is 4.41. The molecule has 1 atom stereocenters. The third kappa shape index (κ3) is 2.15. The highest BCUT2D eigenvalue weighted by Gasteiger charge is 2.10. The van der Waals surface area contributed by atoms with Crippen molar-refractivity contribution in [3.8, 4) is 0 Å². The van der Waals surface area contributed by atoms with Crippen molar-refractivity contribution in [2.45, 2.75) is 6.04 Å². The third-order valence-electron chi connectivity index (χ3n) is 3.13. The van der Waals surface area contributed by atoms with Gasteiger partial charge >= 0.3 is 5.69 Å². The minimum atomic E-state index is -0.358. The number of H-pyrrole nitrogens is 2. The van der Waals surface area contributed by atoms with E-state index in [1.54, 1.807) is 18.2 Å². The maximum atomic E-state index is 12.9. The Bertz CT molecular complexity index is 773. The van der Waals surface area contributed by atoms with Crippen LogP contribution in [0.3, 0.4) is 0 Å². The molecule has 0 saturated carbocycles. The van der Waals surface area contributed by atoms with Crippen molar-refractivity contribution in [3.05, 3.63) is 69.9 Å². The quantitative estimate of drug-likeness (QED) is 0.657. The van der Waals surface area contributed by atoms with Gasteiger partial charge in [-0.2, -0.15) is 0 Å². The van der Waals surface area contributed by atoms with E-state index in [0.717, 1.165) is 16.6 Å². The Labute approximate surface area is 108 Å². The average Bonchev–Trinajstić information content (AvgIpc) is 2.77. The summed E-state index contributed by atoms with van der Waals surface area (Å²) < 4.78 is 12.9. The molecule has 0 saturated heterocycles. The molecule has 4 nitrogen and oxygen atoms in total. The van der Waals surface area contributed by atoms with Gasteiger partial charge in [0, 0.05) is 0 Å². The molecule has 5 heteroatoms. The molecule has 0 spiro atoms. The lowest BCUT2D eigenvalue weighted by molar-refractivity contribution is 0.626. The summed E-state index contributed by atoms with van der Waals surface area (Å²) >= 11 is 0. The van der Waals surface area contributed by atoms with E-state index in [4.69, 9.17) is 5.73 Å². The predicted molar refractivity (Wildman–Crippen MR) is 71.3 cm³/mol. The third-order valence-corrected chi connectivity index (χ3v) is 3.13. The molecule has 1 aromatic heterocycles. The van der Waals surface area contributed by atoms with Crippen LogP contribution < -0.4 is 11.4 Å². The van der Waals surface area contributed by atoms with Crippen molar-refractivity contribution in [2.24, 2.45) is 5.73 Å². The number of imidazole rings is 1. The van der Waals surface area contributed by atoms with Gasteiger partial charge in [0.05, 0.1) is 17.1 Å². The first kappa shape index (κ1) is 11.7. The van der Waals surface area contributed by atoms with Gasteiger partial charge in [-0.1, -0.05) is 18.2 Å². The number of hydrogen-bond donors (Lipinski definition) is 3. The van der Waals surface area contributed by atoms with E-state index < -0.39 is 0 Å². The molecule has 0 fully saturated rings. The molecule has 0 aliphatic rings. The maximum Gasteiger partial charge on any atom is 0.323 e. The van der Waals surface area contributed by atoms with E-state index in [1.807, 2.05) is 12.1 Å². The number of rotatable bonds is 2. The topological polar surface area (TPSA) is 74.7 Å². The van der Waals surface area contributed by atoms with Crippen LogP contribution in [0, 0.1) is 5.82 Å². The molecule has 1 heterocycles. The molecule has 0 amide bonds. The Morgan fingerprint density at radius 3 is 2.32 bits per heavy atom. The van der Waals surface area contributed by atoms with Gasteiger partial charge in [0.25, 0.3) is 0 Å². The Balaban J connectivity index is 2.03. The van der Waals surface area contributed by atoms with Gasteiger partial charge in [-0.15, -0.1) is 0 Å². The van der Waals surface area contributed by atoms with Crippen LogP contribution in [0.25, 0.3) is 11.0 Å². The fourth-order valence-electron chi connectivity index (χ4n) is 2.11. The first-order chi connectivity index (χ1) is 9.13. The lowest BCUT2D eigenvalue weighted by atomic mass is 9.99. The van der Waals surface area contributed by atoms with Crippen LogP contribution in [0.2, 0.25) is 0 Å². The number of halogens is 1. The highest BCUT2D eigenvalue weighted by Crippen LogP contribution is 2.22. The van der Waals surface area contributed by atoms with Crippen molar-refractivity contribution < 1.29 is 4.39 Å². The summed E-state index contributed by atoms with van der Waals surface area (Å²) in [6, 6.07) is 11.2. The zero-order valence-electron chi connectivity index (χ0n) is 9.98. The van der Waals surface area contributed by atoms with Gasteiger partial charge in [-0.05, 0) is 35.4 Å². The van der Waals surface area contributed by atoms with Crippen molar-refractivity contribution in [3.63, 3.8) is 0 Å². The molecule has 0 aliphatic carbocycles. The highest BCUT2D eigenvalue weighted by atomic mass is 19.1. The molecular weight excluding hydrogens is 245 g/mol. The first-order valence-electron chi connectivity index (χ1n) is 5.86. The summed E-state index contributed by atoms with van der Waals surface area (Å²) in [6.07, 6.45) is 0. The number of benzene rings is 2. The van der Waals surface area contributed by atoms with Crippen molar-refractivity contribution in [1.82, 2.24) is 9.97 Å². The van der Waals surface area contributed by atoms with Crippen LogP contribution in [-0.4, -0.2) is 9.97 Å². The SMILES string of the molecule is NC(c1ccc(F)cc1)c1ccc2[nH]c(=O)[nH]c2c1. The molecule has 0 aliphatic heterocycles. The summed E-state index contributed by atoms with van der Waals surface area (Å²) in [5.74, 6) is -0.290. The number of nitrogens with two attached hydrogens (primary N) is 1. The minimum Gasteiger partial charge on any atom is -0.320 e. The fraction of sp³-hybridized carbons (Fsp3) is 0.0714. The number of aromatic amines is 2. The Morgan fingerprint density at radius 1 is 0.947 bits per heavy atom. The van der Waals surface area contributed by atoms with E-state index in [9.17, 15) is 9.18 Å². The molecule has 96 valence electrons. The van der Waals surface area contributed by atoms with Gasteiger partial charge in [0.15, 0.2) is 0 Å². The van der Waals surface area contributed by atoms with Crippen LogP contribution in [0.1, 0.15) is 17.2 Å². The number of hydrogen-bond acceptors (Lipinski definition) is 2. The lowest BCUT2D eigenvalue weighted by Gasteiger charge is -2.12. The second-order valence-corrected chi connectivity index (χ2v) is 4.41. The van der Waals surface area contributed by atoms with Gasteiger partial charge in [-0.3, -0.25) is 0 Å². The van der Waals surface area contributed by atoms with E-state index in [0.29, 0.717) is 5.52 Å². The van der Waals surface area contributed by atoms with Gasteiger partial charge in [0.2, 0.25) is 0 Å². The molecule has 3 rings (SSSR count). The molecule has 0 bridgehead atoms.